The summed E-state index contributed by atoms with van der Waals surface area (Å²) in [5.74, 6) is 1.24. The van der Waals surface area contributed by atoms with Crippen LogP contribution in [0.3, 0.4) is 0 Å². The van der Waals surface area contributed by atoms with E-state index in [1.807, 2.05) is 6.07 Å². The summed E-state index contributed by atoms with van der Waals surface area (Å²) < 4.78 is 0. The summed E-state index contributed by atoms with van der Waals surface area (Å²) in [4.78, 5) is 0. The van der Waals surface area contributed by atoms with Crippen LogP contribution >= 0.6 is 11.8 Å². The van der Waals surface area contributed by atoms with E-state index in [4.69, 9.17) is 21.2 Å². The van der Waals surface area contributed by atoms with Crippen molar-refractivity contribution in [2.24, 2.45) is 5.73 Å². The quantitative estimate of drug-likeness (QED) is 0.482. The fourth-order valence-corrected chi connectivity index (χ4v) is 1.51. The molecule has 70 valence electrons. The van der Waals surface area contributed by atoms with Crippen LogP contribution in [0.4, 0.5) is 0 Å². The van der Waals surface area contributed by atoms with Crippen LogP contribution in [-0.2, 0) is 0 Å². The van der Waals surface area contributed by atoms with Crippen LogP contribution in [0.25, 0.3) is 0 Å². The van der Waals surface area contributed by atoms with Crippen LogP contribution in [0.5, 0.6) is 0 Å². The molecule has 0 spiro atoms. The van der Waals surface area contributed by atoms with E-state index in [0.717, 1.165) is 5.75 Å². The Hall–Kier alpha value is -0.280. The van der Waals surface area contributed by atoms with Crippen molar-refractivity contribution in [3.05, 3.63) is 0 Å². The molecular formula is C7H14N2O2S. The van der Waals surface area contributed by atoms with Crippen molar-refractivity contribution in [1.82, 2.24) is 0 Å². The maximum absolute atomic E-state index is 8.91. The Balaban J connectivity index is 3.17. The van der Waals surface area contributed by atoms with E-state index in [1.165, 1.54) is 11.8 Å². The zero-order chi connectivity index (χ0) is 9.40. The summed E-state index contributed by atoms with van der Waals surface area (Å²) in [6.45, 7) is -0.211. The van der Waals surface area contributed by atoms with Gasteiger partial charge in [-0.15, -0.1) is 0 Å². The lowest BCUT2D eigenvalue weighted by Gasteiger charge is -2.06. The Bertz CT molecular complexity index is 149. The molecule has 0 rings (SSSR count). The van der Waals surface area contributed by atoms with Gasteiger partial charge in [0.05, 0.1) is 24.8 Å². The number of thioether (sulfide) groups is 1. The summed E-state index contributed by atoms with van der Waals surface area (Å²) in [6, 6.07) is 1.51. The summed E-state index contributed by atoms with van der Waals surface area (Å²) >= 11 is 1.49. The molecule has 0 aliphatic rings. The van der Waals surface area contributed by atoms with Gasteiger partial charge in [0.2, 0.25) is 0 Å². The topological polar surface area (TPSA) is 90.3 Å². The van der Waals surface area contributed by atoms with E-state index in [9.17, 15) is 0 Å². The van der Waals surface area contributed by atoms with Gasteiger partial charge < -0.3 is 15.9 Å². The molecule has 0 aromatic carbocycles. The number of aliphatic hydroxyl groups excluding tert-OH is 2. The molecule has 0 aliphatic carbocycles. The predicted molar refractivity (Wildman–Crippen MR) is 48.6 cm³/mol. The Morgan fingerprint density at radius 1 is 1.58 bits per heavy atom. The Kier molecular flexibility index (Phi) is 7.20. The number of hydrogen-bond acceptors (Lipinski definition) is 5. The molecule has 0 heterocycles. The third kappa shape index (κ3) is 6.43. The highest BCUT2D eigenvalue weighted by atomic mass is 32.2. The molecule has 5 heteroatoms. The Morgan fingerprint density at radius 3 is 2.75 bits per heavy atom. The average molecular weight is 190 g/mol. The summed E-state index contributed by atoms with van der Waals surface area (Å²) in [6.07, 6.45) is -0.0347. The molecule has 0 aliphatic heterocycles. The molecule has 0 aromatic heterocycles. The monoisotopic (exact) mass is 190 g/mol. The summed E-state index contributed by atoms with van der Waals surface area (Å²) in [7, 11) is 0. The van der Waals surface area contributed by atoms with E-state index >= 15 is 0 Å². The zero-order valence-electron chi connectivity index (χ0n) is 6.81. The molecule has 4 nitrogen and oxygen atoms in total. The first-order valence-corrected chi connectivity index (χ1v) is 4.88. The second-order valence-corrected chi connectivity index (χ2v) is 3.59. The smallest absolute Gasteiger partial charge is 0.0935 e. The minimum Gasteiger partial charge on any atom is -0.394 e. The van der Waals surface area contributed by atoms with E-state index < -0.39 is 12.1 Å². The minimum absolute atomic E-state index is 0.211. The van der Waals surface area contributed by atoms with Crippen molar-refractivity contribution in [1.29, 1.82) is 5.26 Å². The predicted octanol–water partition coefficient (Wildman–Crippen LogP) is -0.686. The molecule has 0 amide bonds. The van der Waals surface area contributed by atoms with Gasteiger partial charge in [0.25, 0.3) is 0 Å². The van der Waals surface area contributed by atoms with Crippen LogP contribution < -0.4 is 5.73 Å². The van der Waals surface area contributed by atoms with Crippen molar-refractivity contribution < 1.29 is 10.2 Å². The van der Waals surface area contributed by atoms with Crippen LogP contribution in [0.1, 0.15) is 6.42 Å². The van der Waals surface area contributed by atoms with Gasteiger partial charge in [-0.05, 0) is 12.2 Å². The molecule has 0 saturated heterocycles. The van der Waals surface area contributed by atoms with Gasteiger partial charge in [-0.25, -0.2) is 0 Å². The SMILES string of the molecule is N#CC(N)CCSCC(O)CO. The van der Waals surface area contributed by atoms with Crippen molar-refractivity contribution in [2.45, 2.75) is 18.6 Å². The van der Waals surface area contributed by atoms with Crippen LogP contribution in [0, 0.1) is 11.3 Å². The second kappa shape index (κ2) is 7.37. The van der Waals surface area contributed by atoms with Gasteiger partial charge in [-0.3, -0.25) is 0 Å². The van der Waals surface area contributed by atoms with Gasteiger partial charge in [0, 0.05) is 5.75 Å². The Morgan fingerprint density at radius 2 is 2.25 bits per heavy atom. The number of nitriles is 1. The van der Waals surface area contributed by atoms with Crippen molar-refractivity contribution in [3.8, 4) is 6.07 Å². The third-order valence-corrected chi connectivity index (χ3v) is 2.40. The van der Waals surface area contributed by atoms with Crippen molar-refractivity contribution >= 4 is 11.8 Å². The van der Waals surface area contributed by atoms with E-state index in [2.05, 4.69) is 0 Å². The molecule has 0 radical (unpaired) electrons. The molecule has 12 heavy (non-hydrogen) atoms. The van der Waals surface area contributed by atoms with Crippen LogP contribution in [-0.4, -0.2) is 40.5 Å². The maximum atomic E-state index is 8.91. The largest absolute Gasteiger partial charge is 0.394 e. The average Bonchev–Trinajstić information content (AvgIpc) is 2.11. The zero-order valence-corrected chi connectivity index (χ0v) is 7.63. The third-order valence-electron chi connectivity index (χ3n) is 1.26. The number of nitrogens with zero attached hydrogens (tertiary/aromatic N) is 1. The van der Waals surface area contributed by atoms with Crippen molar-refractivity contribution in [3.63, 3.8) is 0 Å². The Labute approximate surface area is 76.4 Å². The molecule has 0 saturated carbocycles. The molecule has 0 aromatic rings. The van der Waals surface area contributed by atoms with Gasteiger partial charge in [-0.2, -0.15) is 17.0 Å². The molecule has 0 fully saturated rings. The second-order valence-electron chi connectivity index (χ2n) is 2.44. The van der Waals surface area contributed by atoms with E-state index in [-0.39, 0.29) is 6.61 Å². The molecule has 2 atom stereocenters. The van der Waals surface area contributed by atoms with Gasteiger partial charge in [0.1, 0.15) is 0 Å². The lowest BCUT2D eigenvalue weighted by Crippen LogP contribution is -2.19. The normalized spacial score (nSPS) is 15.2. The summed E-state index contributed by atoms with van der Waals surface area (Å²) in [5, 5.41) is 25.7. The maximum Gasteiger partial charge on any atom is 0.0935 e. The fraction of sp³-hybridized carbons (Fsp3) is 0.857. The first-order valence-electron chi connectivity index (χ1n) is 3.72. The van der Waals surface area contributed by atoms with Crippen molar-refractivity contribution in [2.75, 3.05) is 18.1 Å². The highest BCUT2D eigenvalue weighted by molar-refractivity contribution is 7.99. The minimum atomic E-state index is -0.659. The van der Waals surface area contributed by atoms with Gasteiger partial charge in [0.15, 0.2) is 0 Å². The number of aliphatic hydroxyl groups is 2. The molecule has 0 bridgehead atoms. The molecular weight excluding hydrogens is 176 g/mol. The lowest BCUT2D eigenvalue weighted by molar-refractivity contribution is 0.113. The van der Waals surface area contributed by atoms with E-state index in [1.54, 1.807) is 0 Å². The first kappa shape index (κ1) is 11.7. The molecule has 2 unspecified atom stereocenters. The summed E-state index contributed by atoms with van der Waals surface area (Å²) in [5.41, 5.74) is 5.34. The molecule has 4 N–H and O–H groups in total. The fourth-order valence-electron chi connectivity index (χ4n) is 0.547. The van der Waals surface area contributed by atoms with Gasteiger partial charge >= 0.3 is 0 Å². The number of hydrogen-bond donors (Lipinski definition) is 3. The van der Waals surface area contributed by atoms with E-state index in [0.29, 0.717) is 12.2 Å². The lowest BCUT2D eigenvalue weighted by atomic mass is 10.3. The first-order chi connectivity index (χ1) is 5.70. The van der Waals surface area contributed by atoms with Crippen LogP contribution in [0.15, 0.2) is 0 Å². The highest BCUT2D eigenvalue weighted by Gasteiger charge is 2.03. The number of nitrogens with two attached hydrogens (primary N) is 1. The van der Waals surface area contributed by atoms with Gasteiger partial charge in [-0.1, -0.05) is 0 Å². The van der Waals surface area contributed by atoms with Crippen LogP contribution in [0.2, 0.25) is 0 Å². The number of rotatable bonds is 6. The standard InChI is InChI=1S/C7H14N2O2S/c8-3-6(9)1-2-12-5-7(11)4-10/h6-7,10-11H,1-2,4-5,9H2. The highest BCUT2D eigenvalue weighted by Crippen LogP contribution is 2.05.